The Hall–Kier alpha value is 0.960. The molecule has 0 aromatic heterocycles. The standard InChI is InChI=1S/C16H30Br2/c17-15-13-11-9-7-5-3-1-2-4-6-8-10-12-14-16(15)18/h15-16H,1-14H2. The van der Waals surface area contributed by atoms with Gasteiger partial charge >= 0.3 is 0 Å². The highest BCUT2D eigenvalue weighted by atomic mass is 79.9. The van der Waals surface area contributed by atoms with Crippen molar-refractivity contribution in [1.29, 1.82) is 0 Å². The minimum Gasteiger partial charge on any atom is -0.0879 e. The van der Waals surface area contributed by atoms with E-state index in [1.165, 1.54) is 89.9 Å². The van der Waals surface area contributed by atoms with Crippen LogP contribution in [0.1, 0.15) is 89.9 Å². The third kappa shape index (κ3) is 8.96. The summed E-state index contributed by atoms with van der Waals surface area (Å²) < 4.78 is 0. The summed E-state index contributed by atoms with van der Waals surface area (Å²) in [7, 11) is 0. The molecule has 0 aromatic rings. The normalized spacial score (nSPS) is 31.0. The third-order valence-electron chi connectivity index (χ3n) is 4.10. The SMILES string of the molecule is BrC1CCCCCCCCCCCCCCC1Br. The fourth-order valence-corrected chi connectivity index (χ4v) is 3.98. The molecule has 2 unspecified atom stereocenters. The van der Waals surface area contributed by atoms with Crippen LogP contribution in [0, 0.1) is 0 Å². The van der Waals surface area contributed by atoms with Crippen molar-refractivity contribution in [3.63, 3.8) is 0 Å². The average Bonchev–Trinajstić information content (AvgIpc) is 2.37. The fraction of sp³-hybridized carbons (Fsp3) is 1.00. The maximum atomic E-state index is 3.86. The zero-order valence-electron chi connectivity index (χ0n) is 11.8. The number of halogens is 2. The molecule has 1 saturated carbocycles. The van der Waals surface area contributed by atoms with Crippen LogP contribution in [0.15, 0.2) is 0 Å². The first kappa shape index (κ1) is 17.0. The molecule has 0 spiro atoms. The monoisotopic (exact) mass is 380 g/mol. The van der Waals surface area contributed by atoms with E-state index in [9.17, 15) is 0 Å². The molecule has 2 atom stereocenters. The lowest BCUT2D eigenvalue weighted by atomic mass is 10.0. The van der Waals surface area contributed by atoms with E-state index in [1.807, 2.05) is 0 Å². The van der Waals surface area contributed by atoms with Gasteiger partial charge in [-0.15, -0.1) is 0 Å². The van der Waals surface area contributed by atoms with E-state index in [1.54, 1.807) is 0 Å². The molecule has 2 heteroatoms. The predicted molar refractivity (Wildman–Crippen MR) is 90.1 cm³/mol. The largest absolute Gasteiger partial charge is 0.0879 e. The second-order valence-corrected chi connectivity index (χ2v) is 8.20. The second kappa shape index (κ2) is 11.8. The van der Waals surface area contributed by atoms with Crippen molar-refractivity contribution in [2.45, 2.75) is 99.5 Å². The molecule has 0 amide bonds. The van der Waals surface area contributed by atoms with Crippen LogP contribution >= 0.6 is 31.9 Å². The summed E-state index contributed by atoms with van der Waals surface area (Å²) in [6.45, 7) is 0. The van der Waals surface area contributed by atoms with Crippen molar-refractivity contribution in [2.75, 3.05) is 0 Å². The zero-order valence-corrected chi connectivity index (χ0v) is 15.0. The lowest BCUT2D eigenvalue weighted by molar-refractivity contribution is 0.515. The third-order valence-corrected chi connectivity index (χ3v) is 7.00. The Morgan fingerprint density at radius 2 is 0.611 bits per heavy atom. The quantitative estimate of drug-likeness (QED) is 0.396. The Morgan fingerprint density at radius 3 is 0.889 bits per heavy atom. The second-order valence-electron chi connectivity index (χ2n) is 5.85. The smallest absolute Gasteiger partial charge is 0.0271 e. The number of hydrogen-bond acceptors (Lipinski definition) is 0. The van der Waals surface area contributed by atoms with Crippen LogP contribution in [0.25, 0.3) is 0 Å². The molecule has 0 radical (unpaired) electrons. The molecule has 1 fully saturated rings. The molecule has 0 heterocycles. The van der Waals surface area contributed by atoms with E-state index in [4.69, 9.17) is 0 Å². The number of alkyl halides is 2. The van der Waals surface area contributed by atoms with Gasteiger partial charge in [0.05, 0.1) is 0 Å². The zero-order chi connectivity index (χ0) is 13.1. The van der Waals surface area contributed by atoms with Crippen molar-refractivity contribution in [3.05, 3.63) is 0 Å². The topological polar surface area (TPSA) is 0 Å². The summed E-state index contributed by atoms with van der Waals surface area (Å²) in [6.07, 6.45) is 20.1. The molecule has 0 saturated heterocycles. The van der Waals surface area contributed by atoms with Gasteiger partial charge in [0.15, 0.2) is 0 Å². The summed E-state index contributed by atoms with van der Waals surface area (Å²) >= 11 is 7.72. The van der Waals surface area contributed by atoms with Crippen LogP contribution in [-0.4, -0.2) is 9.65 Å². The van der Waals surface area contributed by atoms with Gasteiger partial charge in [-0.2, -0.15) is 0 Å². The van der Waals surface area contributed by atoms with Crippen molar-refractivity contribution >= 4 is 31.9 Å². The minimum absolute atomic E-state index is 0.686. The Balaban J connectivity index is 2.19. The van der Waals surface area contributed by atoms with Crippen LogP contribution in [0.3, 0.4) is 0 Å². The highest BCUT2D eigenvalue weighted by Gasteiger charge is 2.14. The van der Waals surface area contributed by atoms with E-state index >= 15 is 0 Å². The predicted octanol–water partition coefficient (Wildman–Crippen LogP) is 6.99. The van der Waals surface area contributed by atoms with Gasteiger partial charge < -0.3 is 0 Å². The van der Waals surface area contributed by atoms with Crippen molar-refractivity contribution < 1.29 is 0 Å². The highest BCUT2D eigenvalue weighted by Crippen LogP contribution is 2.26. The minimum atomic E-state index is 0.686. The van der Waals surface area contributed by atoms with Gasteiger partial charge in [0.1, 0.15) is 0 Å². The molecule has 0 nitrogen and oxygen atoms in total. The summed E-state index contributed by atoms with van der Waals surface area (Å²) in [6, 6.07) is 0. The molecule has 0 aliphatic heterocycles. The van der Waals surface area contributed by atoms with Gasteiger partial charge in [0, 0.05) is 9.65 Å². The van der Waals surface area contributed by atoms with Gasteiger partial charge in [0.2, 0.25) is 0 Å². The van der Waals surface area contributed by atoms with Crippen molar-refractivity contribution in [3.8, 4) is 0 Å². The summed E-state index contributed by atoms with van der Waals surface area (Å²) in [4.78, 5) is 1.37. The van der Waals surface area contributed by atoms with Gasteiger partial charge in [-0.05, 0) is 12.8 Å². The van der Waals surface area contributed by atoms with Gasteiger partial charge in [0.25, 0.3) is 0 Å². The molecular weight excluding hydrogens is 352 g/mol. The van der Waals surface area contributed by atoms with Gasteiger partial charge in [-0.3, -0.25) is 0 Å². The van der Waals surface area contributed by atoms with Gasteiger partial charge in [-0.25, -0.2) is 0 Å². The maximum absolute atomic E-state index is 3.86. The highest BCUT2D eigenvalue weighted by molar-refractivity contribution is 9.12. The fourth-order valence-electron chi connectivity index (χ4n) is 2.81. The molecule has 0 bridgehead atoms. The van der Waals surface area contributed by atoms with Crippen LogP contribution < -0.4 is 0 Å². The van der Waals surface area contributed by atoms with E-state index in [0.29, 0.717) is 9.65 Å². The molecule has 18 heavy (non-hydrogen) atoms. The maximum Gasteiger partial charge on any atom is 0.0271 e. The van der Waals surface area contributed by atoms with Crippen molar-refractivity contribution in [1.82, 2.24) is 0 Å². The lowest BCUT2D eigenvalue weighted by Crippen LogP contribution is -2.13. The first-order valence-electron chi connectivity index (χ1n) is 8.09. The van der Waals surface area contributed by atoms with Crippen molar-refractivity contribution in [2.24, 2.45) is 0 Å². The Kier molecular flexibility index (Phi) is 11.1. The molecule has 1 aliphatic carbocycles. The van der Waals surface area contributed by atoms with Gasteiger partial charge in [-0.1, -0.05) is 109 Å². The molecule has 0 N–H and O–H groups in total. The Labute approximate surface area is 131 Å². The van der Waals surface area contributed by atoms with E-state index in [-0.39, 0.29) is 0 Å². The lowest BCUT2D eigenvalue weighted by Gasteiger charge is -2.17. The number of rotatable bonds is 0. The van der Waals surface area contributed by atoms with E-state index in [2.05, 4.69) is 31.9 Å². The molecule has 108 valence electrons. The first-order chi connectivity index (χ1) is 8.80. The molecule has 1 aliphatic rings. The summed E-state index contributed by atoms with van der Waals surface area (Å²) in [5, 5.41) is 0. The van der Waals surface area contributed by atoms with Crippen LogP contribution in [0.5, 0.6) is 0 Å². The van der Waals surface area contributed by atoms with E-state index < -0.39 is 0 Å². The summed E-state index contributed by atoms with van der Waals surface area (Å²) in [5.74, 6) is 0. The van der Waals surface area contributed by atoms with Crippen LogP contribution in [0.2, 0.25) is 0 Å². The average molecular weight is 382 g/mol. The van der Waals surface area contributed by atoms with Crippen LogP contribution in [-0.2, 0) is 0 Å². The van der Waals surface area contributed by atoms with Crippen LogP contribution in [0.4, 0.5) is 0 Å². The molecule has 1 rings (SSSR count). The van der Waals surface area contributed by atoms with E-state index in [0.717, 1.165) is 0 Å². The molecular formula is C16H30Br2. The number of hydrogen-bond donors (Lipinski definition) is 0. The Morgan fingerprint density at radius 1 is 0.389 bits per heavy atom. The summed E-state index contributed by atoms with van der Waals surface area (Å²) in [5.41, 5.74) is 0. The Bertz CT molecular complexity index is 162. The first-order valence-corrected chi connectivity index (χ1v) is 9.92. The molecule has 0 aromatic carbocycles.